The van der Waals surface area contributed by atoms with Gasteiger partial charge in [-0.2, -0.15) is 0 Å². The van der Waals surface area contributed by atoms with Gasteiger partial charge in [-0.1, -0.05) is 0 Å². The van der Waals surface area contributed by atoms with Crippen molar-refractivity contribution in [3.8, 4) is 11.5 Å². The standard InChI is InChI=1S/C7H4I2O2/c8-4-1-5(9)7-6(2-4)10-3-11-7/h1-2H,3H2. The summed E-state index contributed by atoms with van der Waals surface area (Å²) in [6.45, 7) is 0.353. The highest BCUT2D eigenvalue weighted by atomic mass is 127. The first-order chi connectivity index (χ1) is 5.27. The normalized spacial score (nSPS) is 13.6. The Bertz CT molecular complexity index is 299. The van der Waals surface area contributed by atoms with Gasteiger partial charge in [0.2, 0.25) is 6.79 Å². The van der Waals surface area contributed by atoms with Crippen LogP contribution >= 0.6 is 45.2 Å². The van der Waals surface area contributed by atoms with Crippen molar-refractivity contribution in [1.82, 2.24) is 0 Å². The zero-order valence-electron chi connectivity index (χ0n) is 5.43. The third-order valence-corrected chi connectivity index (χ3v) is 2.82. The summed E-state index contributed by atoms with van der Waals surface area (Å²) in [4.78, 5) is 0. The molecule has 1 aliphatic heterocycles. The van der Waals surface area contributed by atoms with Gasteiger partial charge in [-0.25, -0.2) is 0 Å². The molecule has 0 fully saturated rings. The van der Waals surface area contributed by atoms with E-state index in [1.165, 1.54) is 3.57 Å². The van der Waals surface area contributed by atoms with Gasteiger partial charge in [0, 0.05) is 3.57 Å². The Balaban J connectivity index is 2.60. The van der Waals surface area contributed by atoms with E-state index in [0.29, 0.717) is 6.79 Å². The summed E-state index contributed by atoms with van der Waals surface area (Å²) < 4.78 is 12.8. The Morgan fingerprint density at radius 2 is 2.00 bits per heavy atom. The molecular weight excluding hydrogens is 370 g/mol. The van der Waals surface area contributed by atoms with E-state index in [4.69, 9.17) is 9.47 Å². The van der Waals surface area contributed by atoms with Crippen molar-refractivity contribution in [3.63, 3.8) is 0 Å². The molecule has 0 radical (unpaired) electrons. The summed E-state index contributed by atoms with van der Waals surface area (Å²) in [5, 5.41) is 0. The molecule has 0 atom stereocenters. The molecule has 1 aromatic carbocycles. The molecule has 11 heavy (non-hydrogen) atoms. The van der Waals surface area contributed by atoms with Crippen LogP contribution in [-0.4, -0.2) is 6.79 Å². The van der Waals surface area contributed by atoms with E-state index in [-0.39, 0.29) is 0 Å². The van der Waals surface area contributed by atoms with E-state index in [9.17, 15) is 0 Å². The van der Waals surface area contributed by atoms with Crippen LogP contribution in [0.15, 0.2) is 12.1 Å². The Hall–Kier alpha value is 0.280. The first-order valence-electron chi connectivity index (χ1n) is 3.02. The predicted octanol–water partition coefficient (Wildman–Crippen LogP) is 2.62. The third kappa shape index (κ3) is 1.42. The van der Waals surface area contributed by atoms with E-state index < -0.39 is 0 Å². The maximum absolute atomic E-state index is 5.25. The van der Waals surface area contributed by atoms with Crippen LogP contribution in [0.2, 0.25) is 0 Å². The van der Waals surface area contributed by atoms with Crippen molar-refractivity contribution in [2.75, 3.05) is 6.79 Å². The highest BCUT2D eigenvalue weighted by Crippen LogP contribution is 2.37. The number of rotatable bonds is 0. The second kappa shape index (κ2) is 2.96. The molecule has 4 heteroatoms. The van der Waals surface area contributed by atoms with Crippen molar-refractivity contribution in [2.45, 2.75) is 0 Å². The molecule has 0 bridgehead atoms. The Labute approximate surface area is 91.5 Å². The van der Waals surface area contributed by atoms with Crippen molar-refractivity contribution in [3.05, 3.63) is 19.3 Å². The summed E-state index contributed by atoms with van der Waals surface area (Å²) in [7, 11) is 0. The highest BCUT2D eigenvalue weighted by molar-refractivity contribution is 14.1. The average Bonchev–Trinajstić information content (AvgIpc) is 2.34. The zero-order chi connectivity index (χ0) is 7.84. The van der Waals surface area contributed by atoms with Gasteiger partial charge in [0.25, 0.3) is 0 Å². The van der Waals surface area contributed by atoms with Gasteiger partial charge in [-0.05, 0) is 57.3 Å². The minimum Gasteiger partial charge on any atom is -0.454 e. The summed E-state index contributed by atoms with van der Waals surface area (Å²) >= 11 is 4.50. The summed E-state index contributed by atoms with van der Waals surface area (Å²) in [6, 6.07) is 4.04. The average molecular weight is 374 g/mol. The lowest BCUT2D eigenvalue weighted by Crippen LogP contribution is -1.93. The Kier molecular flexibility index (Phi) is 2.13. The number of benzene rings is 1. The van der Waals surface area contributed by atoms with E-state index >= 15 is 0 Å². The van der Waals surface area contributed by atoms with Crippen LogP contribution in [-0.2, 0) is 0 Å². The van der Waals surface area contributed by atoms with E-state index in [1.807, 2.05) is 6.07 Å². The quantitative estimate of drug-likeness (QED) is 0.651. The maximum Gasteiger partial charge on any atom is 0.231 e. The molecule has 1 heterocycles. The molecule has 0 saturated carbocycles. The minimum atomic E-state index is 0.353. The predicted molar refractivity (Wildman–Crippen MR) is 58.0 cm³/mol. The first kappa shape index (κ1) is 7.90. The van der Waals surface area contributed by atoms with Gasteiger partial charge in [0.1, 0.15) is 0 Å². The van der Waals surface area contributed by atoms with E-state index in [1.54, 1.807) is 0 Å². The second-order valence-corrected chi connectivity index (χ2v) is 4.53. The summed E-state index contributed by atoms with van der Waals surface area (Å²) in [6.07, 6.45) is 0. The molecule has 0 unspecified atom stereocenters. The fourth-order valence-electron chi connectivity index (χ4n) is 0.936. The topological polar surface area (TPSA) is 18.5 Å². The molecule has 2 nitrogen and oxygen atoms in total. The molecule has 2 rings (SSSR count). The lowest BCUT2D eigenvalue weighted by Gasteiger charge is -1.98. The lowest BCUT2D eigenvalue weighted by molar-refractivity contribution is 0.173. The van der Waals surface area contributed by atoms with Gasteiger partial charge in [-0.15, -0.1) is 0 Å². The smallest absolute Gasteiger partial charge is 0.231 e. The Morgan fingerprint density at radius 1 is 1.18 bits per heavy atom. The van der Waals surface area contributed by atoms with Crippen LogP contribution in [0.1, 0.15) is 0 Å². The molecule has 0 aromatic heterocycles. The third-order valence-electron chi connectivity index (χ3n) is 1.39. The summed E-state index contributed by atoms with van der Waals surface area (Å²) in [5.74, 6) is 1.74. The van der Waals surface area contributed by atoms with Crippen molar-refractivity contribution >= 4 is 45.2 Å². The largest absolute Gasteiger partial charge is 0.454 e. The van der Waals surface area contributed by atoms with Crippen LogP contribution in [0.4, 0.5) is 0 Å². The van der Waals surface area contributed by atoms with Crippen LogP contribution < -0.4 is 9.47 Å². The van der Waals surface area contributed by atoms with Gasteiger partial charge >= 0.3 is 0 Å². The zero-order valence-corrected chi connectivity index (χ0v) is 9.75. The first-order valence-corrected chi connectivity index (χ1v) is 5.18. The van der Waals surface area contributed by atoms with E-state index in [0.717, 1.165) is 15.1 Å². The molecule has 1 aromatic rings. The number of hydrogen-bond acceptors (Lipinski definition) is 2. The Morgan fingerprint density at radius 3 is 2.82 bits per heavy atom. The number of halogens is 2. The van der Waals surface area contributed by atoms with Crippen LogP contribution in [0.25, 0.3) is 0 Å². The molecule has 1 aliphatic rings. The molecule has 0 aliphatic carbocycles. The maximum atomic E-state index is 5.25. The van der Waals surface area contributed by atoms with Crippen molar-refractivity contribution in [2.24, 2.45) is 0 Å². The van der Waals surface area contributed by atoms with Gasteiger partial charge < -0.3 is 9.47 Å². The van der Waals surface area contributed by atoms with Gasteiger partial charge in [0.05, 0.1) is 3.57 Å². The molecule has 0 N–H and O–H groups in total. The number of fused-ring (bicyclic) bond motifs is 1. The van der Waals surface area contributed by atoms with Crippen LogP contribution in [0.5, 0.6) is 11.5 Å². The molecule has 0 amide bonds. The lowest BCUT2D eigenvalue weighted by atomic mass is 10.3. The fourth-order valence-corrected chi connectivity index (χ4v) is 2.88. The molecule has 58 valence electrons. The fraction of sp³-hybridized carbons (Fsp3) is 0.143. The number of ether oxygens (including phenoxy) is 2. The SMILES string of the molecule is Ic1cc(I)c2c(c1)OCO2. The van der Waals surface area contributed by atoms with E-state index in [2.05, 4.69) is 51.2 Å². The van der Waals surface area contributed by atoms with Gasteiger partial charge in [0.15, 0.2) is 11.5 Å². The monoisotopic (exact) mass is 374 g/mol. The molecule has 0 spiro atoms. The minimum absolute atomic E-state index is 0.353. The highest BCUT2D eigenvalue weighted by Gasteiger charge is 2.16. The number of hydrogen-bond donors (Lipinski definition) is 0. The molecule has 0 saturated heterocycles. The van der Waals surface area contributed by atoms with Crippen LogP contribution in [0.3, 0.4) is 0 Å². The van der Waals surface area contributed by atoms with Crippen LogP contribution in [0, 0.1) is 7.14 Å². The second-order valence-electron chi connectivity index (χ2n) is 2.12. The van der Waals surface area contributed by atoms with Crippen molar-refractivity contribution < 1.29 is 9.47 Å². The molecular formula is C7H4I2O2. The summed E-state index contributed by atoms with van der Waals surface area (Å²) in [5.41, 5.74) is 0. The van der Waals surface area contributed by atoms with Gasteiger partial charge in [-0.3, -0.25) is 0 Å². The van der Waals surface area contributed by atoms with Crippen molar-refractivity contribution in [1.29, 1.82) is 0 Å².